The molecule has 0 radical (unpaired) electrons. The number of aromatic nitrogens is 3. The van der Waals surface area contributed by atoms with Gasteiger partial charge in [-0.25, -0.2) is 4.39 Å². The number of anilines is 1. The first kappa shape index (κ1) is 36.4. The SMILES string of the molecule is CC[C@H](C)[C@@H](C(=O)N[C@H]1CCc2cccc3c2N(C1=O)[C@H](C(=O)NCc1cn[nH]n1)C3)N(CCC(=O)OC(C)(C)C)C(=O)COCCF. The molecule has 15 heteroatoms. The van der Waals surface area contributed by atoms with Crippen LogP contribution in [-0.2, 0) is 52.8 Å². The maximum absolute atomic E-state index is 14.3. The first-order chi connectivity index (χ1) is 22.8. The molecule has 2 aliphatic heterocycles. The number of benzene rings is 1. The van der Waals surface area contributed by atoms with Crippen molar-refractivity contribution in [2.45, 2.75) is 97.0 Å². The number of alkyl halides is 1. The van der Waals surface area contributed by atoms with Crippen molar-refractivity contribution in [1.82, 2.24) is 30.9 Å². The number of para-hydroxylation sites is 1. The fourth-order valence-corrected chi connectivity index (χ4v) is 6.09. The summed E-state index contributed by atoms with van der Waals surface area (Å²) < 4.78 is 23.3. The molecule has 0 aliphatic carbocycles. The third-order valence-electron chi connectivity index (χ3n) is 8.47. The summed E-state index contributed by atoms with van der Waals surface area (Å²) in [6.45, 7) is 7.24. The fourth-order valence-electron chi connectivity index (χ4n) is 6.09. The van der Waals surface area contributed by atoms with E-state index in [0.29, 0.717) is 30.6 Å². The highest BCUT2D eigenvalue weighted by atomic mass is 19.1. The number of amides is 4. The van der Waals surface area contributed by atoms with Crippen molar-refractivity contribution < 1.29 is 37.8 Å². The predicted octanol–water partition coefficient (Wildman–Crippen LogP) is 1.77. The number of nitrogens with zero attached hydrogens (tertiary/aromatic N) is 4. The van der Waals surface area contributed by atoms with E-state index in [0.717, 1.165) is 11.1 Å². The smallest absolute Gasteiger partial charge is 0.308 e. The summed E-state index contributed by atoms with van der Waals surface area (Å²) in [6.07, 6.45) is 2.84. The highest BCUT2D eigenvalue weighted by Crippen LogP contribution is 2.39. The first-order valence-corrected chi connectivity index (χ1v) is 16.4. The van der Waals surface area contributed by atoms with E-state index in [2.05, 4.69) is 26.0 Å². The van der Waals surface area contributed by atoms with Crippen LogP contribution in [-0.4, -0.2) is 100 Å². The number of aromatic amines is 1. The van der Waals surface area contributed by atoms with Gasteiger partial charge in [-0.05, 0) is 50.7 Å². The number of halogens is 1. The summed E-state index contributed by atoms with van der Waals surface area (Å²) in [5.74, 6) is -2.93. The summed E-state index contributed by atoms with van der Waals surface area (Å²) >= 11 is 0. The van der Waals surface area contributed by atoms with E-state index in [-0.39, 0.29) is 44.4 Å². The maximum atomic E-state index is 14.3. The van der Waals surface area contributed by atoms with Crippen LogP contribution < -0.4 is 15.5 Å². The molecule has 0 unspecified atom stereocenters. The van der Waals surface area contributed by atoms with Gasteiger partial charge in [-0.2, -0.15) is 15.4 Å². The standard InChI is InChI=1S/C33H46FN7O7/c1-6-20(2)28(40(26(42)19-47-15-13-34)14-12-27(43)48-33(3,4)5)31(45)37-24-11-10-21-8-7-9-22-16-25(41(29(21)22)32(24)46)30(44)35-17-23-18-36-39-38-23/h7-9,18,20,24-25,28H,6,10-17,19H2,1-5H3,(H,35,44)(H,37,45)(H,36,38,39)/t20-,24-,25-,28-/m0/s1. The lowest BCUT2D eigenvalue weighted by Crippen LogP contribution is -2.59. The van der Waals surface area contributed by atoms with E-state index in [1.54, 1.807) is 27.7 Å². The van der Waals surface area contributed by atoms with Gasteiger partial charge in [0.05, 0.1) is 31.5 Å². The number of nitrogens with one attached hydrogen (secondary N) is 3. The van der Waals surface area contributed by atoms with Gasteiger partial charge >= 0.3 is 5.97 Å². The van der Waals surface area contributed by atoms with Gasteiger partial charge in [0.2, 0.25) is 23.6 Å². The largest absolute Gasteiger partial charge is 0.460 e. The predicted molar refractivity (Wildman–Crippen MR) is 172 cm³/mol. The third kappa shape index (κ3) is 8.94. The molecule has 262 valence electrons. The summed E-state index contributed by atoms with van der Waals surface area (Å²) in [5, 5.41) is 15.9. The number of ether oxygens (including phenoxy) is 2. The van der Waals surface area contributed by atoms with Crippen LogP contribution in [0.1, 0.15) is 70.7 Å². The van der Waals surface area contributed by atoms with E-state index in [9.17, 15) is 28.4 Å². The molecule has 2 aromatic rings. The molecule has 48 heavy (non-hydrogen) atoms. The Morgan fingerprint density at radius 1 is 1.21 bits per heavy atom. The van der Waals surface area contributed by atoms with Gasteiger partial charge in [0.25, 0.3) is 0 Å². The molecule has 4 rings (SSSR count). The Balaban J connectivity index is 1.57. The van der Waals surface area contributed by atoms with Crippen molar-refractivity contribution in [3.8, 4) is 0 Å². The minimum atomic E-state index is -1.08. The van der Waals surface area contributed by atoms with Crippen LogP contribution >= 0.6 is 0 Å². The lowest BCUT2D eigenvalue weighted by atomic mass is 9.95. The van der Waals surface area contributed by atoms with Crippen molar-refractivity contribution in [3.05, 3.63) is 41.2 Å². The van der Waals surface area contributed by atoms with E-state index in [1.807, 2.05) is 25.1 Å². The Hall–Kier alpha value is -4.40. The molecule has 4 amide bonds. The molecule has 1 aromatic carbocycles. The van der Waals surface area contributed by atoms with Crippen LogP contribution in [0.15, 0.2) is 24.4 Å². The number of aryl methyl sites for hydroxylation is 1. The van der Waals surface area contributed by atoms with Crippen molar-refractivity contribution in [2.75, 3.05) is 31.3 Å². The molecule has 0 saturated carbocycles. The van der Waals surface area contributed by atoms with Crippen molar-refractivity contribution in [1.29, 1.82) is 0 Å². The Morgan fingerprint density at radius 3 is 2.62 bits per heavy atom. The first-order valence-electron chi connectivity index (χ1n) is 16.4. The summed E-state index contributed by atoms with van der Waals surface area (Å²) in [5.41, 5.74) is 2.21. The van der Waals surface area contributed by atoms with E-state index < -0.39 is 60.7 Å². The maximum Gasteiger partial charge on any atom is 0.308 e. The lowest BCUT2D eigenvalue weighted by molar-refractivity contribution is -0.157. The Morgan fingerprint density at radius 2 is 1.96 bits per heavy atom. The quantitative estimate of drug-likeness (QED) is 0.188. The molecule has 1 aromatic heterocycles. The minimum absolute atomic E-state index is 0.121. The molecule has 14 nitrogen and oxygen atoms in total. The summed E-state index contributed by atoms with van der Waals surface area (Å²) in [4.78, 5) is 70.7. The number of carbonyl (C=O) groups excluding carboxylic acids is 5. The van der Waals surface area contributed by atoms with Crippen LogP contribution in [0.25, 0.3) is 0 Å². The molecule has 3 heterocycles. The Labute approximate surface area is 279 Å². The fraction of sp³-hybridized carbons (Fsp3) is 0.606. The van der Waals surface area contributed by atoms with E-state index in [1.165, 1.54) is 16.0 Å². The van der Waals surface area contributed by atoms with Crippen molar-refractivity contribution in [3.63, 3.8) is 0 Å². The van der Waals surface area contributed by atoms with Gasteiger partial charge in [0, 0.05) is 13.0 Å². The lowest BCUT2D eigenvalue weighted by Gasteiger charge is -2.36. The van der Waals surface area contributed by atoms with Gasteiger partial charge in [0.15, 0.2) is 0 Å². The summed E-state index contributed by atoms with van der Waals surface area (Å²) in [6, 6.07) is 2.77. The number of rotatable bonds is 15. The zero-order valence-corrected chi connectivity index (χ0v) is 28.2. The van der Waals surface area contributed by atoms with Gasteiger partial charge in [-0.15, -0.1) is 0 Å². The highest BCUT2D eigenvalue weighted by molar-refractivity contribution is 6.08. The van der Waals surface area contributed by atoms with Crippen molar-refractivity contribution in [2.24, 2.45) is 5.92 Å². The second-order valence-electron chi connectivity index (χ2n) is 13.1. The number of esters is 1. The monoisotopic (exact) mass is 671 g/mol. The van der Waals surface area contributed by atoms with Crippen LogP contribution in [0.3, 0.4) is 0 Å². The Bertz CT molecular complexity index is 1460. The topological polar surface area (TPSA) is 176 Å². The van der Waals surface area contributed by atoms with Crippen LogP contribution in [0.2, 0.25) is 0 Å². The highest BCUT2D eigenvalue weighted by Gasteiger charge is 2.45. The van der Waals surface area contributed by atoms with Crippen molar-refractivity contribution >= 4 is 35.3 Å². The number of H-pyrrole nitrogens is 1. The van der Waals surface area contributed by atoms with Gasteiger partial charge < -0.3 is 25.0 Å². The third-order valence-corrected chi connectivity index (χ3v) is 8.47. The molecule has 4 atom stereocenters. The second kappa shape index (κ2) is 16.1. The number of hydrogen-bond acceptors (Lipinski definition) is 9. The molecular weight excluding hydrogens is 625 g/mol. The van der Waals surface area contributed by atoms with Gasteiger partial charge in [-0.1, -0.05) is 38.5 Å². The second-order valence-corrected chi connectivity index (χ2v) is 13.1. The van der Waals surface area contributed by atoms with Crippen LogP contribution in [0.4, 0.5) is 10.1 Å². The average Bonchev–Trinajstić information content (AvgIpc) is 3.68. The van der Waals surface area contributed by atoms with E-state index >= 15 is 0 Å². The zero-order valence-electron chi connectivity index (χ0n) is 28.2. The molecule has 0 spiro atoms. The van der Waals surface area contributed by atoms with Crippen LogP contribution in [0.5, 0.6) is 0 Å². The Kier molecular flexibility index (Phi) is 12.2. The molecule has 3 N–H and O–H groups in total. The van der Waals surface area contributed by atoms with Gasteiger partial charge in [0.1, 0.15) is 42.7 Å². The molecular formula is C33H46FN7O7. The summed E-state index contributed by atoms with van der Waals surface area (Å²) in [7, 11) is 0. The minimum Gasteiger partial charge on any atom is -0.460 e. The zero-order chi connectivity index (χ0) is 35.0. The van der Waals surface area contributed by atoms with E-state index in [4.69, 9.17) is 9.47 Å². The molecule has 2 aliphatic rings. The normalized spacial score (nSPS) is 18.4. The number of hydrogen-bond donors (Lipinski definition) is 3. The molecule has 0 bridgehead atoms. The molecule has 0 saturated heterocycles. The van der Waals surface area contributed by atoms with Gasteiger partial charge in [-0.3, -0.25) is 28.9 Å². The number of carbonyl (C=O) groups is 5. The average molecular weight is 672 g/mol. The van der Waals surface area contributed by atoms with Crippen LogP contribution in [0, 0.1) is 5.92 Å². The molecule has 0 fully saturated rings.